The highest BCUT2D eigenvalue weighted by Gasteiger charge is 2.14. The number of H-pyrrole nitrogens is 1. The Morgan fingerprint density at radius 1 is 1.69 bits per heavy atom. The molecule has 1 aromatic heterocycles. The Kier molecular flexibility index (Phi) is 2.87. The second-order valence-electron chi connectivity index (χ2n) is 2.93. The van der Waals surface area contributed by atoms with Crippen molar-refractivity contribution in [2.45, 2.75) is 19.9 Å². The third-order valence-electron chi connectivity index (χ3n) is 1.72. The zero-order valence-corrected chi connectivity index (χ0v) is 8.64. The average Bonchev–Trinajstić information content (AvgIpc) is 2.45. The SMILES string of the molecule is COC(=O)c1c[nH]c(=S)n1C(C)C. The van der Waals surface area contributed by atoms with Gasteiger partial charge in [-0.3, -0.25) is 0 Å². The summed E-state index contributed by atoms with van der Waals surface area (Å²) in [5.41, 5.74) is 0.461. The lowest BCUT2D eigenvalue weighted by Gasteiger charge is -2.09. The number of methoxy groups -OCH3 is 1. The molecule has 72 valence electrons. The molecule has 0 spiro atoms. The van der Waals surface area contributed by atoms with Crippen molar-refractivity contribution in [1.29, 1.82) is 0 Å². The van der Waals surface area contributed by atoms with Crippen molar-refractivity contribution in [3.8, 4) is 0 Å². The third-order valence-corrected chi connectivity index (χ3v) is 2.04. The van der Waals surface area contributed by atoms with Gasteiger partial charge in [0.25, 0.3) is 0 Å². The molecule has 0 amide bonds. The molecule has 5 heteroatoms. The Morgan fingerprint density at radius 3 is 2.77 bits per heavy atom. The zero-order valence-electron chi connectivity index (χ0n) is 7.83. The van der Waals surface area contributed by atoms with E-state index in [9.17, 15) is 4.79 Å². The van der Waals surface area contributed by atoms with Crippen LogP contribution in [0.4, 0.5) is 0 Å². The van der Waals surface area contributed by atoms with E-state index in [4.69, 9.17) is 12.2 Å². The first-order valence-electron chi connectivity index (χ1n) is 3.96. The summed E-state index contributed by atoms with van der Waals surface area (Å²) in [4.78, 5) is 14.1. The quantitative estimate of drug-likeness (QED) is 0.586. The maximum atomic E-state index is 11.2. The predicted octanol–water partition coefficient (Wildman–Crippen LogP) is 1.91. The highest BCUT2D eigenvalue weighted by molar-refractivity contribution is 7.71. The van der Waals surface area contributed by atoms with Gasteiger partial charge in [-0.1, -0.05) is 0 Å². The molecule has 0 unspecified atom stereocenters. The number of esters is 1. The topological polar surface area (TPSA) is 47.0 Å². The lowest BCUT2D eigenvalue weighted by molar-refractivity contribution is 0.0586. The maximum absolute atomic E-state index is 11.2. The Hall–Kier alpha value is -1.10. The van der Waals surface area contributed by atoms with E-state index >= 15 is 0 Å². The zero-order chi connectivity index (χ0) is 10.0. The number of hydrogen-bond acceptors (Lipinski definition) is 3. The van der Waals surface area contributed by atoms with Crippen molar-refractivity contribution in [2.24, 2.45) is 0 Å². The lowest BCUT2D eigenvalue weighted by Crippen LogP contribution is -2.12. The molecule has 1 N–H and O–H groups in total. The monoisotopic (exact) mass is 200 g/mol. The Labute approximate surface area is 81.5 Å². The molecule has 1 heterocycles. The van der Waals surface area contributed by atoms with Gasteiger partial charge in [0.1, 0.15) is 5.69 Å². The van der Waals surface area contributed by atoms with Gasteiger partial charge in [-0.25, -0.2) is 4.79 Å². The van der Waals surface area contributed by atoms with Gasteiger partial charge in [-0.15, -0.1) is 0 Å². The van der Waals surface area contributed by atoms with Gasteiger partial charge in [0, 0.05) is 12.2 Å². The number of hydrogen-bond donors (Lipinski definition) is 1. The van der Waals surface area contributed by atoms with Crippen molar-refractivity contribution in [1.82, 2.24) is 9.55 Å². The number of rotatable bonds is 2. The minimum atomic E-state index is -0.374. The molecular formula is C8H12N2O2S. The molecule has 0 saturated carbocycles. The van der Waals surface area contributed by atoms with E-state index in [0.29, 0.717) is 10.5 Å². The van der Waals surface area contributed by atoms with Crippen LogP contribution in [0, 0.1) is 4.77 Å². The van der Waals surface area contributed by atoms with Crippen LogP contribution in [0.15, 0.2) is 6.20 Å². The molecule has 0 radical (unpaired) electrons. The number of aromatic nitrogens is 2. The third kappa shape index (κ3) is 1.80. The number of aromatic amines is 1. The van der Waals surface area contributed by atoms with E-state index in [1.165, 1.54) is 7.11 Å². The lowest BCUT2D eigenvalue weighted by atomic mass is 10.3. The van der Waals surface area contributed by atoms with Crippen LogP contribution in [0.5, 0.6) is 0 Å². The van der Waals surface area contributed by atoms with Crippen LogP contribution in [0.2, 0.25) is 0 Å². The highest BCUT2D eigenvalue weighted by Crippen LogP contribution is 2.11. The Morgan fingerprint density at radius 2 is 2.31 bits per heavy atom. The molecule has 13 heavy (non-hydrogen) atoms. The average molecular weight is 200 g/mol. The second kappa shape index (κ2) is 3.74. The fourth-order valence-corrected chi connectivity index (χ4v) is 1.52. The van der Waals surface area contributed by atoms with Gasteiger partial charge >= 0.3 is 5.97 Å². The van der Waals surface area contributed by atoms with Gasteiger partial charge in [0.2, 0.25) is 0 Å². The summed E-state index contributed by atoms with van der Waals surface area (Å²) >= 11 is 5.02. The normalized spacial score (nSPS) is 10.5. The molecule has 1 aromatic rings. The van der Waals surface area contributed by atoms with E-state index in [2.05, 4.69) is 9.72 Å². The van der Waals surface area contributed by atoms with Gasteiger partial charge in [-0.05, 0) is 26.1 Å². The summed E-state index contributed by atoms with van der Waals surface area (Å²) in [6.45, 7) is 3.91. The summed E-state index contributed by atoms with van der Waals surface area (Å²) in [6.07, 6.45) is 1.56. The second-order valence-corrected chi connectivity index (χ2v) is 3.32. The summed E-state index contributed by atoms with van der Waals surface area (Å²) in [5, 5.41) is 0. The predicted molar refractivity (Wildman–Crippen MR) is 51.3 cm³/mol. The number of ether oxygens (including phenoxy) is 1. The van der Waals surface area contributed by atoms with Crippen LogP contribution in [0.3, 0.4) is 0 Å². The first kappa shape index (κ1) is 9.98. The fourth-order valence-electron chi connectivity index (χ4n) is 1.15. The molecule has 4 nitrogen and oxygen atoms in total. The standard InChI is InChI=1S/C8H12N2O2S/c1-5(2)10-6(7(11)12-3)4-9-8(10)13/h4-5H,1-3H3,(H,9,13). The number of nitrogens with one attached hydrogen (secondary N) is 1. The van der Waals surface area contributed by atoms with Crippen LogP contribution in [0.1, 0.15) is 30.4 Å². The molecule has 0 bridgehead atoms. The van der Waals surface area contributed by atoms with Gasteiger partial charge in [-0.2, -0.15) is 0 Å². The molecule has 0 aliphatic rings. The van der Waals surface area contributed by atoms with Crippen LogP contribution in [0.25, 0.3) is 0 Å². The number of imidazole rings is 1. The van der Waals surface area contributed by atoms with Crippen molar-refractivity contribution < 1.29 is 9.53 Å². The van der Waals surface area contributed by atoms with E-state index < -0.39 is 0 Å². The Bertz CT molecular complexity index is 364. The summed E-state index contributed by atoms with van der Waals surface area (Å²) in [6, 6.07) is 0.146. The van der Waals surface area contributed by atoms with Gasteiger partial charge in [0.05, 0.1) is 7.11 Å². The molecule has 1 rings (SSSR count). The fraction of sp³-hybridized carbons (Fsp3) is 0.500. The smallest absolute Gasteiger partial charge is 0.356 e. The first-order chi connectivity index (χ1) is 6.07. The van der Waals surface area contributed by atoms with Gasteiger partial charge in [0.15, 0.2) is 4.77 Å². The van der Waals surface area contributed by atoms with Gasteiger partial charge < -0.3 is 14.3 Å². The highest BCUT2D eigenvalue weighted by atomic mass is 32.1. The summed E-state index contributed by atoms with van der Waals surface area (Å²) in [5.74, 6) is -0.374. The minimum Gasteiger partial charge on any atom is -0.464 e. The van der Waals surface area contributed by atoms with E-state index in [1.54, 1.807) is 10.8 Å². The number of carbonyl (C=O) groups excluding carboxylic acids is 1. The van der Waals surface area contributed by atoms with Crippen molar-refractivity contribution in [3.63, 3.8) is 0 Å². The Balaban J connectivity index is 3.23. The van der Waals surface area contributed by atoms with E-state index in [1.807, 2.05) is 13.8 Å². The molecule has 0 aliphatic heterocycles. The number of nitrogens with zero attached hydrogens (tertiary/aromatic N) is 1. The largest absolute Gasteiger partial charge is 0.464 e. The van der Waals surface area contributed by atoms with Crippen LogP contribution in [-0.4, -0.2) is 22.6 Å². The van der Waals surface area contributed by atoms with E-state index in [-0.39, 0.29) is 12.0 Å². The summed E-state index contributed by atoms with van der Waals surface area (Å²) in [7, 11) is 1.35. The molecular weight excluding hydrogens is 188 g/mol. The van der Waals surface area contributed by atoms with E-state index in [0.717, 1.165) is 0 Å². The minimum absolute atomic E-state index is 0.146. The van der Waals surface area contributed by atoms with Crippen LogP contribution >= 0.6 is 12.2 Å². The first-order valence-corrected chi connectivity index (χ1v) is 4.37. The van der Waals surface area contributed by atoms with Crippen LogP contribution < -0.4 is 0 Å². The molecule has 0 saturated heterocycles. The maximum Gasteiger partial charge on any atom is 0.356 e. The molecule has 0 aromatic carbocycles. The molecule has 0 aliphatic carbocycles. The summed E-state index contributed by atoms with van der Waals surface area (Å²) < 4.78 is 6.88. The molecule has 0 atom stereocenters. The van der Waals surface area contributed by atoms with Crippen LogP contribution in [-0.2, 0) is 4.74 Å². The molecule has 0 fully saturated rings. The van der Waals surface area contributed by atoms with Crippen molar-refractivity contribution in [3.05, 3.63) is 16.7 Å². The van der Waals surface area contributed by atoms with Crippen molar-refractivity contribution >= 4 is 18.2 Å². The van der Waals surface area contributed by atoms with Crippen molar-refractivity contribution in [2.75, 3.05) is 7.11 Å². The number of carbonyl (C=O) groups is 1.